The molecule has 3 nitrogen and oxygen atoms in total. The summed E-state index contributed by atoms with van der Waals surface area (Å²) in [5.41, 5.74) is 1.75. The third-order valence-electron chi connectivity index (χ3n) is 2.80. The van der Waals surface area contributed by atoms with Gasteiger partial charge in [-0.3, -0.25) is 0 Å². The summed E-state index contributed by atoms with van der Waals surface area (Å²) >= 11 is 3.31. The van der Waals surface area contributed by atoms with Gasteiger partial charge in [-0.25, -0.2) is 21.9 Å². The van der Waals surface area contributed by atoms with E-state index in [9.17, 15) is 17.2 Å². The molecule has 0 bridgehead atoms. The Morgan fingerprint density at radius 3 is 2.43 bits per heavy atom. The van der Waals surface area contributed by atoms with Crippen LogP contribution in [0.4, 0.5) is 8.78 Å². The van der Waals surface area contributed by atoms with Gasteiger partial charge in [0.1, 0.15) is 16.5 Å². The SMILES string of the molecule is O=S(=O)(NCc1cccc(CBr)c1)c1ccc(F)cc1F. The predicted molar refractivity (Wildman–Crippen MR) is 79.5 cm³/mol. The molecule has 0 radical (unpaired) electrons. The van der Waals surface area contributed by atoms with Gasteiger partial charge in [-0.15, -0.1) is 0 Å². The smallest absolute Gasteiger partial charge is 0.207 e. The van der Waals surface area contributed by atoms with Crippen LogP contribution in [0.2, 0.25) is 0 Å². The summed E-state index contributed by atoms with van der Waals surface area (Å²) in [6.07, 6.45) is 0. The molecule has 0 unspecified atom stereocenters. The van der Waals surface area contributed by atoms with Crippen molar-refractivity contribution in [3.05, 3.63) is 65.2 Å². The van der Waals surface area contributed by atoms with Crippen LogP contribution >= 0.6 is 15.9 Å². The molecule has 2 aromatic rings. The Morgan fingerprint density at radius 1 is 1.05 bits per heavy atom. The molecule has 2 rings (SSSR count). The first-order valence-electron chi connectivity index (χ1n) is 6.01. The summed E-state index contributed by atoms with van der Waals surface area (Å²) < 4.78 is 52.7. The van der Waals surface area contributed by atoms with Crippen LogP contribution in [0.5, 0.6) is 0 Å². The third-order valence-corrected chi connectivity index (χ3v) is 4.88. The van der Waals surface area contributed by atoms with Gasteiger partial charge < -0.3 is 0 Å². The summed E-state index contributed by atoms with van der Waals surface area (Å²) in [4.78, 5) is -0.569. The molecule has 0 aliphatic rings. The average Bonchev–Trinajstić information content (AvgIpc) is 2.45. The highest BCUT2D eigenvalue weighted by Gasteiger charge is 2.19. The highest BCUT2D eigenvalue weighted by molar-refractivity contribution is 9.08. The molecule has 2 aromatic carbocycles. The van der Waals surface area contributed by atoms with Gasteiger partial charge in [0.05, 0.1) is 0 Å². The molecule has 112 valence electrons. The maximum atomic E-state index is 13.5. The van der Waals surface area contributed by atoms with E-state index in [0.717, 1.165) is 23.3 Å². The van der Waals surface area contributed by atoms with Crippen LogP contribution in [-0.4, -0.2) is 8.42 Å². The van der Waals surface area contributed by atoms with Crippen LogP contribution < -0.4 is 4.72 Å². The Labute approximate surface area is 130 Å². The van der Waals surface area contributed by atoms with Crippen molar-refractivity contribution in [2.75, 3.05) is 0 Å². The minimum Gasteiger partial charge on any atom is -0.207 e. The van der Waals surface area contributed by atoms with Crippen LogP contribution in [-0.2, 0) is 21.9 Å². The van der Waals surface area contributed by atoms with Crippen molar-refractivity contribution in [2.24, 2.45) is 0 Å². The molecule has 0 aliphatic carbocycles. The summed E-state index contributed by atoms with van der Waals surface area (Å²) in [6.45, 7) is 0.0278. The topological polar surface area (TPSA) is 46.2 Å². The highest BCUT2D eigenvalue weighted by Crippen LogP contribution is 2.16. The Hall–Kier alpha value is -1.31. The van der Waals surface area contributed by atoms with E-state index in [-0.39, 0.29) is 6.54 Å². The third kappa shape index (κ3) is 4.09. The lowest BCUT2D eigenvalue weighted by molar-refractivity contribution is 0.543. The number of halogens is 3. The van der Waals surface area contributed by atoms with Gasteiger partial charge in [0.2, 0.25) is 10.0 Å². The van der Waals surface area contributed by atoms with Crippen molar-refractivity contribution in [1.82, 2.24) is 4.72 Å². The fraction of sp³-hybridized carbons (Fsp3) is 0.143. The standard InChI is InChI=1S/C14H12BrF2NO2S/c15-8-10-2-1-3-11(6-10)9-18-21(19,20)14-5-4-12(16)7-13(14)17/h1-7,18H,8-9H2. The fourth-order valence-corrected chi connectivity index (χ4v) is 3.20. The molecule has 0 saturated carbocycles. The van der Waals surface area contributed by atoms with Gasteiger partial charge >= 0.3 is 0 Å². The van der Waals surface area contributed by atoms with E-state index < -0.39 is 26.6 Å². The van der Waals surface area contributed by atoms with Crippen molar-refractivity contribution in [2.45, 2.75) is 16.8 Å². The van der Waals surface area contributed by atoms with Gasteiger partial charge in [0, 0.05) is 17.9 Å². The van der Waals surface area contributed by atoms with E-state index in [1.807, 2.05) is 12.1 Å². The van der Waals surface area contributed by atoms with Gasteiger partial charge in [-0.2, -0.15) is 0 Å². The summed E-state index contributed by atoms with van der Waals surface area (Å²) in [7, 11) is -4.03. The van der Waals surface area contributed by atoms with Gasteiger partial charge in [-0.05, 0) is 23.3 Å². The first-order valence-corrected chi connectivity index (χ1v) is 8.61. The summed E-state index contributed by atoms with van der Waals surface area (Å²) in [6, 6.07) is 9.64. The van der Waals surface area contributed by atoms with Crippen molar-refractivity contribution in [3.63, 3.8) is 0 Å². The maximum Gasteiger partial charge on any atom is 0.243 e. The molecule has 21 heavy (non-hydrogen) atoms. The number of benzene rings is 2. The molecule has 7 heteroatoms. The number of rotatable bonds is 5. The van der Waals surface area contributed by atoms with Gasteiger partial charge in [-0.1, -0.05) is 40.2 Å². The second-order valence-electron chi connectivity index (χ2n) is 4.35. The Balaban J connectivity index is 2.17. The number of nitrogens with one attached hydrogen (secondary N) is 1. The lowest BCUT2D eigenvalue weighted by atomic mass is 10.1. The molecule has 0 heterocycles. The van der Waals surface area contributed by atoms with E-state index in [2.05, 4.69) is 20.7 Å². The van der Waals surface area contributed by atoms with E-state index >= 15 is 0 Å². The molecule has 0 aromatic heterocycles. The molecule has 0 atom stereocenters. The Morgan fingerprint density at radius 2 is 1.76 bits per heavy atom. The van der Waals surface area contributed by atoms with Crippen LogP contribution in [0.1, 0.15) is 11.1 Å². The van der Waals surface area contributed by atoms with Crippen molar-refractivity contribution in [1.29, 1.82) is 0 Å². The minimum atomic E-state index is -4.03. The van der Waals surface area contributed by atoms with E-state index in [4.69, 9.17) is 0 Å². The lowest BCUT2D eigenvalue weighted by Crippen LogP contribution is -2.24. The zero-order valence-electron chi connectivity index (χ0n) is 10.8. The van der Waals surface area contributed by atoms with Gasteiger partial charge in [0.25, 0.3) is 0 Å². The molecule has 0 amide bonds. The molecule has 0 spiro atoms. The zero-order valence-corrected chi connectivity index (χ0v) is 13.2. The van der Waals surface area contributed by atoms with E-state index in [1.54, 1.807) is 12.1 Å². The van der Waals surface area contributed by atoms with Crippen LogP contribution in [0.3, 0.4) is 0 Å². The summed E-state index contributed by atoms with van der Waals surface area (Å²) in [5.74, 6) is -1.94. The number of alkyl halides is 1. The highest BCUT2D eigenvalue weighted by atomic mass is 79.9. The first kappa shape index (κ1) is 16.1. The lowest BCUT2D eigenvalue weighted by Gasteiger charge is -2.08. The fourth-order valence-electron chi connectivity index (χ4n) is 1.77. The maximum absolute atomic E-state index is 13.5. The monoisotopic (exact) mass is 375 g/mol. The average molecular weight is 376 g/mol. The largest absolute Gasteiger partial charge is 0.243 e. The van der Waals surface area contributed by atoms with Crippen molar-refractivity contribution < 1.29 is 17.2 Å². The van der Waals surface area contributed by atoms with Crippen LogP contribution in [0.25, 0.3) is 0 Å². The molecule has 0 aliphatic heterocycles. The first-order chi connectivity index (χ1) is 9.92. The second-order valence-corrected chi connectivity index (χ2v) is 6.65. The van der Waals surface area contributed by atoms with Crippen molar-refractivity contribution in [3.8, 4) is 0 Å². The summed E-state index contributed by atoms with van der Waals surface area (Å²) in [5, 5.41) is 0.653. The number of hydrogen-bond donors (Lipinski definition) is 1. The van der Waals surface area contributed by atoms with Crippen LogP contribution in [0, 0.1) is 11.6 Å². The predicted octanol–water partition coefficient (Wildman–Crippen LogP) is 3.34. The second kappa shape index (κ2) is 6.64. The Kier molecular flexibility index (Phi) is 5.08. The quantitative estimate of drug-likeness (QED) is 0.814. The van der Waals surface area contributed by atoms with Crippen molar-refractivity contribution >= 4 is 26.0 Å². The van der Waals surface area contributed by atoms with Gasteiger partial charge in [0.15, 0.2) is 0 Å². The molecule has 1 N–H and O–H groups in total. The van der Waals surface area contributed by atoms with E-state index in [0.29, 0.717) is 11.4 Å². The van der Waals surface area contributed by atoms with E-state index in [1.165, 1.54) is 0 Å². The molecular weight excluding hydrogens is 364 g/mol. The minimum absolute atomic E-state index is 0.0278. The Bertz CT molecular complexity index is 750. The normalized spacial score (nSPS) is 11.6. The zero-order chi connectivity index (χ0) is 15.5. The number of sulfonamides is 1. The van der Waals surface area contributed by atoms with Crippen LogP contribution in [0.15, 0.2) is 47.4 Å². The molecule has 0 saturated heterocycles. The molecule has 0 fully saturated rings. The molecular formula is C14H12BrF2NO2S. The number of hydrogen-bond acceptors (Lipinski definition) is 2.